The Morgan fingerprint density at radius 2 is 2.27 bits per heavy atom. The number of carbonyl (C=O) groups excluding carboxylic acids is 2. The lowest BCUT2D eigenvalue weighted by Gasteiger charge is -2.21. The quantitative estimate of drug-likeness (QED) is 0.275. The molecule has 1 aliphatic carbocycles. The van der Waals surface area contributed by atoms with Crippen molar-refractivity contribution in [1.29, 1.82) is 5.26 Å². The molecule has 0 spiro atoms. The number of carbonyl (C=O) groups is 2. The van der Waals surface area contributed by atoms with Gasteiger partial charge in [-0.05, 0) is 6.42 Å². The Balaban J connectivity index is 2.27. The van der Waals surface area contributed by atoms with Gasteiger partial charge in [-0.25, -0.2) is 0 Å². The number of hydrogen-bond donors (Lipinski definition) is 0. The molecule has 0 aromatic carbocycles. The normalized spacial score (nSPS) is 33.9. The van der Waals surface area contributed by atoms with E-state index < -0.39 is 17.9 Å². The SMILES string of the molecule is N#C/C=C/C1C=CC[C@@H]2C(=O)OC(=O)[C@H]12. The van der Waals surface area contributed by atoms with E-state index in [0.717, 1.165) is 0 Å². The van der Waals surface area contributed by atoms with Gasteiger partial charge in [0.15, 0.2) is 0 Å². The average Bonchev–Trinajstić information content (AvgIpc) is 2.53. The molecule has 2 rings (SSSR count). The lowest BCUT2D eigenvalue weighted by atomic mass is 9.77. The molecule has 3 atom stereocenters. The van der Waals surface area contributed by atoms with E-state index in [1.807, 2.05) is 18.2 Å². The van der Waals surface area contributed by atoms with Crippen LogP contribution < -0.4 is 0 Å². The average molecular weight is 203 g/mol. The Morgan fingerprint density at radius 3 is 3.00 bits per heavy atom. The maximum absolute atomic E-state index is 11.4. The molecule has 0 bridgehead atoms. The summed E-state index contributed by atoms with van der Waals surface area (Å²) in [4.78, 5) is 22.7. The van der Waals surface area contributed by atoms with Crippen molar-refractivity contribution < 1.29 is 14.3 Å². The van der Waals surface area contributed by atoms with Crippen molar-refractivity contribution in [3.63, 3.8) is 0 Å². The summed E-state index contributed by atoms with van der Waals surface area (Å²) in [6.07, 6.45) is 7.20. The lowest BCUT2D eigenvalue weighted by Crippen LogP contribution is -2.26. The number of rotatable bonds is 1. The number of fused-ring (bicyclic) bond motifs is 1. The van der Waals surface area contributed by atoms with Crippen LogP contribution in [-0.2, 0) is 14.3 Å². The first-order valence-corrected chi connectivity index (χ1v) is 4.72. The number of nitriles is 1. The molecule has 0 aromatic rings. The molecular weight excluding hydrogens is 194 g/mol. The Bertz CT molecular complexity index is 403. The molecular formula is C11H9NO3. The van der Waals surface area contributed by atoms with Gasteiger partial charge in [0.2, 0.25) is 0 Å². The second kappa shape index (κ2) is 3.70. The minimum atomic E-state index is -0.470. The third-order valence-corrected chi connectivity index (χ3v) is 2.77. The summed E-state index contributed by atoms with van der Waals surface area (Å²) in [7, 11) is 0. The first-order valence-electron chi connectivity index (χ1n) is 4.72. The summed E-state index contributed by atoms with van der Waals surface area (Å²) >= 11 is 0. The number of cyclic esters (lactones) is 2. The summed E-state index contributed by atoms with van der Waals surface area (Å²) in [5.41, 5.74) is 0. The van der Waals surface area contributed by atoms with Gasteiger partial charge in [0.05, 0.1) is 17.9 Å². The molecule has 0 aromatic heterocycles. The van der Waals surface area contributed by atoms with Crippen molar-refractivity contribution in [3.05, 3.63) is 24.3 Å². The van der Waals surface area contributed by atoms with Crippen LogP contribution in [-0.4, -0.2) is 11.9 Å². The van der Waals surface area contributed by atoms with Crippen LogP contribution in [0.5, 0.6) is 0 Å². The molecule has 1 heterocycles. The number of esters is 2. The third-order valence-electron chi connectivity index (χ3n) is 2.77. The molecule has 1 unspecified atom stereocenters. The molecule has 0 saturated carbocycles. The smallest absolute Gasteiger partial charge is 0.318 e. The van der Waals surface area contributed by atoms with Crippen LogP contribution in [0.3, 0.4) is 0 Å². The van der Waals surface area contributed by atoms with Crippen molar-refractivity contribution >= 4 is 11.9 Å². The molecule has 1 aliphatic heterocycles. The van der Waals surface area contributed by atoms with E-state index in [9.17, 15) is 9.59 Å². The van der Waals surface area contributed by atoms with E-state index >= 15 is 0 Å². The Hall–Kier alpha value is -1.89. The summed E-state index contributed by atoms with van der Waals surface area (Å²) in [5.74, 6) is -1.91. The van der Waals surface area contributed by atoms with Gasteiger partial charge in [0, 0.05) is 12.0 Å². The maximum atomic E-state index is 11.4. The Kier molecular flexibility index (Phi) is 2.38. The topological polar surface area (TPSA) is 67.2 Å². The molecule has 4 nitrogen and oxygen atoms in total. The predicted octanol–water partition coefficient (Wildman–Crippen LogP) is 0.958. The van der Waals surface area contributed by atoms with Crippen molar-refractivity contribution in [2.45, 2.75) is 6.42 Å². The fourth-order valence-electron chi connectivity index (χ4n) is 2.06. The standard InChI is InChI=1S/C11H9NO3/c12-6-2-4-7-3-1-5-8-9(7)11(14)15-10(8)13/h1-4,7-9H,5H2/b4-2+/t7?,8-,9+/m0/s1. The second-order valence-electron chi connectivity index (χ2n) is 3.60. The molecule has 2 aliphatic rings. The van der Waals surface area contributed by atoms with Crippen molar-refractivity contribution in [2.75, 3.05) is 0 Å². The van der Waals surface area contributed by atoms with E-state index in [4.69, 9.17) is 5.26 Å². The number of allylic oxidation sites excluding steroid dienone is 4. The van der Waals surface area contributed by atoms with Crippen LogP contribution >= 0.6 is 0 Å². The van der Waals surface area contributed by atoms with E-state index in [0.29, 0.717) is 6.42 Å². The predicted molar refractivity (Wildman–Crippen MR) is 50.1 cm³/mol. The Labute approximate surface area is 86.8 Å². The number of ether oxygens (including phenoxy) is 1. The first kappa shape index (κ1) is 9.66. The Morgan fingerprint density at radius 1 is 1.47 bits per heavy atom. The molecule has 0 N–H and O–H groups in total. The summed E-state index contributed by atoms with van der Waals surface area (Å²) < 4.78 is 4.58. The zero-order valence-electron chi connectivity index (χ0n) is 7.92. The highest BCUT2D eigenvalue weighted by atomic mass is 16.6. The summed E-state index contributed by atoms with van der Waals surface area (Å²) in [6.45, 7) is 0. The molecule has 4 heteroatoms. The number of hydrogen-bond acceptors (Lipinski definition) is 4. The van der Waals surface area contributed by atoms with Gasteiger partial charge in [-0.1, -0.05) is 18.2 Å². The largest absolute Gasteiger partial charge is 0.393 e. The lowest BCUT2D eigenvalue weighted by molar-refractivity contribution is -0.153. The summed E-state index contributed by atoms with van der Waals surface area (Å²) in [6, 6.07) is 1.87. The minimum Gasteiger partial charge on any atom is -0.393 e. The van der Waals surface area contributed by atoms with Gasteiger partial charge in [0.1, 0.15) is 0 Å². The maximum Gasteiger partial charge on any atom is 0.318 e. The highest BCUT2D eigenvalue weighted by Gasteiger charge is 2.47. The van der Waals surface area contributed by atoms with E-state index in [2.05, 4.69) is 4.74 Å². The first-order chi connectivity index (χ1) is 7.24. The third kappa shape index (κ3) is 1.57. The van der Waals surface area contributed by atoms with Crippen molar-refractivity contribution in [1.82, 2.24) is 0 Å². The van der Waals surface area contributed by atoms with Gasteiger partial charge in [-0.2, -0.15) is 5.26 Å². The fraction of sp³-hybridized carbons (Fsp3) is 0.364. The summed E-state index contributed by atoms with van der Waals surface area (Å²) in [5, 5.41) is 8.41. The van der Waals surface area contributed by atoms with E-state index in [1.165, 1.54) is 6.08 Å². The van der Waals surface area contributed by atoms with Gasteiger partial charge in [0.25, 0.3) is 0 Å². The number of nitrogens with zero attached hydrogens (tertiary/aromatic N) is 1. The van der Waals surface area contributed by atoms with Gasteiger partial charge in [-0.15, -0.1) is 0 Å². The van der Waals surface area contributed by atoms with Crippen LogP contribution in [0.25, 0.3) is 0 Å². The molecule has 1 saturated heterocycles. The molecule has 0 radical (unpaired) electrons. The highest BCUT2D eigenvalue weighted by Crippen LogP contribution is 2.37. The van der Waals surface area contributed by atoms with Crippen molar-refractivity contribution in [2.24, 2.45) is 17.8 Å². The van der Waals surface area contributed by atoms with Crippen LogP contribution in [0.15, 0.2) is 24.3 Å². The van der Waals surface area contributed by atoms with Gasteiger partial charge in [-0.3, -0.25) is 9.59 Å². The zero-order chi connectivity index (χ0) is 10.8. The van der Waals surface area contributed by atoms with Crippen LogP contribution in [0.2, 0.25) is 0 Å². The van der Waals surface area contributed by atoms with Crippen LogP contribution in [0.1, 0.15) is 6.42 Å². The molecule has 15 heavy (non-hydrogen) atoms. The monoisotopic (exact) mass is 203 g/mol. The highest BCUT2D eigenvalue weighted by molar-refractivity contribution is 5.97. The van der Waals surface area contributed by atoms with Gasteiger partial charge < -0.3 is 4.74 Å². The van der Waals surface area contributed by atoms with Crippen LogP contribution in [0.4, 0.5) is 0 Å². The van der Waals surface area contributed by atoms with Crippen LogP contribution in [0, 0.1) is 29.1 Å². The molecule has 76 valence electrons. The van der Waals surface area contributed by atoms with Gasteiger partial charge >= 0.3 is 11.9 Å². The minimum absolute atomic E-state index is 0.192. The molecule has 0 amide bonds. The van der Waals surface area contributed by atoms with Crippen molar-refractivity contribution in [3.8, 4) is 6.07 Å². The second-order valence-corrected chi connectivity index (χ2v) is 3.60. The fourth-order valence-corrected chi connectivity index (χ4v) is 2.06. The molecule has 1 fully saturated rings. The van der Waals surface area contributed by atoms with E-state index in [1.54, 1.807) is 6.08 Å². The zero-order valence-corrected chi connectivity index (χ0v) is 7.92. The van der Waals surface area contributed by atoms with E-state index in [-0.39, 0.29) is 11.8 Å².